The van der Waals surface area contributed by atoms with Crippen molar-refractivity contribution in [3.8, 4) is 55.6 Å². The Hall–Kier alpha value is -7.52. The van der Waals surface area contributed by atoms with Crippen molar-refractivity contribution in [2.45, 2.75) is 0 Å². The minimum atomic E-state index is 1.08. The molecule has 0 saturated carbocycles. The van der Waals surface area contributed by atoms with Gasteiger partial charge in [0.15, 0.2) is 0 Å². The van der Waals surface area contributed by atoms with E-state index in [1.54, 1.807) is 0 Å². The zero-order valence-corrected chi connectivity index (χ0v) is 33.7. The molecule has 0 aliphatic carbocycles. The Morgan fingerprint density at radius 1 is 0.300 bits per heavy atom. The molecule has 0 atom stereocenters. The maximum absolute atomic E-state index is 2.48. The molecule has 60 heavy (non-hydrogen) atoms. The zero-order valence-electron chi connectivity index (χ0n) is 32.9. The first-order valence-electron chi connectivity index (χ1n) is 20.5. The van der Waals surface area contributed by atoms with E-state index in [0.29, 0.717) is 0 Å². The molecule has 0 amide bonds. The van der Waals surface area contributed by atoms with Crippen LogP contribution in [-0.4, -0.2) is 0 Å². The summed E-state index contributed by atoms with van der Waals surface area (Å²) >= 11 is 1.88. The van der Waals surface area contributed by atoms with E-state index < -0.39 is 0 Å². The van der Waals surface area contributed by atoms with E-state index in [0.717, 1.165) is 17.1 Å². The van der Waals surface area contributed by atoms with E-state index in [2.05, 4.69) is 241 Å². The van der Waals surface area contributed by atoms with E-state index in [1.807, 2.05) is 11.3 Å². The third-order valence-electron chi connectivity index (χ3n) is 11.7. The molecule has 0 bridgehead atoms. The molecule has 0 N–H and O–H groups in total. The number of rotatable bonds is 8. The fourth-order valence-corrected chi connectivity index (χ4v) is 10.2. The molecule has 11 aromatic rings. The highest BCUT2D eigenvalue weighted by atomic mass is 32.1. The monoisotopic (exact) mass is 781 g/mol. The molecule has 1 aromatic heterocycles. The molecular formula is C58H39NS. The molecule has 0 saturated heterocycles. The zero-order chi connectivity index (χ0) is 39.8. The molecule has 0 aliphatic heterocycles. The molecule has 0 unspecified atom stereocenters. The van der Waals surface area contributed by atoms with E-state index >= 15 is 0 Å². The molecule has 0 spiro atoms. The first kappa shape index (κ1) is 35.6. The minimum Gasteiger partial charge on any atom is -0.310 e. The van der Waals surface area contributed by atoms with Crippen LogP contribution in [0.3, 0.4) is 0 Å². The Balaban J connectivity index is 1.19. The average Bonchev–Trinajstić information content (AvgIpc) is 3.71. The summed E-state index contributed by atoms with van der Waals surface area (Å²) in [5.41, 5.74) is 15.2. The molecule has 0 aliphatic rings. The van der Waals surface area contributed by atoms with Gasteiger partial charge in [-0.1, -0.05) is 200 Å². The third-order valence-corrected chi connectivity index (χ3v) is 12.9. The summed E-state index contributed by atoms with van der Waals surface area (Å²) < 4.78 is 2.62. The predicted octanol–water partition coefficient (Wildman–Crippen LogP) is 17.0. The topological polar surface area (TPSA) is 3.24 Å². The molecule has 2 heteroatoms. The number of nitrogens with zero attached hydrogens (tertiary/aromatic N) is 1. The van der Waals surface area contributed by atoms with Crippen LogP contribution in [0.1, 0.15) is 0 Å². The second kappa shape index (κ2) is 15.3. The van der Waals surface area contributed by atoms with E-state index in [9.17, 15) is 0 Å². The first-order chi connectivity index (χ1) is 29.8. The Bertz CT molecular complexity index is 3320. The standard InChI is InChI=1S/C58H39NS/c1-3-18-40(19-4-1)48-29-9-10-31-53(48)57-50(42-20-5-2-6-21-42)33-17-36-55(57)59(45-26-13-24-43(38-45)49-32-15-23-41-22-7-8-28-47(41)49)46-27-14-25-44(39-46)51-34-16-35-54-52-30-11-12-37-56(52)60-58(51)54/h1-39H. The van der Waals surface area contributed by atoms with Gasteiger partial charge in [0.2, 0.25) is 0 Å². The maximum atomic E-state index is 2.48. The highest BCUT2D eigenvalue weighted by Gasteiger charge is 2.24. The van der Waals surface area contributed by atoms with Gasteiger partial charge in [0, 0.05) is 37.1 Å². The van der Waals surface area contributed by atoms with Crippen LogP contribution in [0.4, 0.5) is 17.1 Å². The van der Waals surface area contributed by atoms with Crippen molar-refractivity contribution in [3.63, 3.8) is 0 Å². The van der Waals surface area contributed by atoms with Gasteiger partial charge in [-0.15, -0.1) is 11.3 Å². The number of anilines is 3. The van der Waals surface area contributed by atoms with Crippen molar-refractivity contribution < 1.29 is 0 Å². The van der Waals surface area contributed by atoms with Gasteiger partial charge in [-0.2, -0.15) is 0 Å². The number of benzene rings is 10. The second-order valence-corrected chi connectivity index (χ2v) is 16.3. The Morgan fingerprint density at radius 2 is 0.783 bits per heavy atom. The summed E-state index contributed by atoms with van der Waals surface area (Å²) in [6.07, 6.45) is 0. The van der Waals surface area contributed by atoms with E-state index in [-0.39, 0.29) is 0 Å². The van der Waals surface area contributed by atoms with E-state index in [4.69, 9.17) is 0 Å². The van der Waals surface area contributed by atoms with Crippen LogP contribution in [0.2, 0.25) is 0 Å². The lowest BCUT2D eigenvalue weighted by Crippen LogP contribution is -2.12. The van der Waals surface area contributed by atoms with Crippen molar-refractivity contribution in [2.24, 2.45) is 0 Å². The molecule has 10 aromatic carbocycles. The molecular weight excluding hydrogens is 743 g/mol. The highest BCUT2D eigenvalue weighted by Crippen LogP contribution is 2.49. The fraction of sp³-hybridized carbons (Fsp3) is 0. The van der Waals surface area contributed by atoms with Crippen molar-refractivity contribution in [3.05, 3.63) is 237 Å². The minimum absolute atomic E-state index is 1.08. The Labute approximate surface area is 354 Å². The van der Waals surface area contributed by atoms with Crippen LogP contribution in [0, 0.1) is 0 Å². The molecule has 0 fully saturated rings. The summed E-state index contributed by atoms with van der Waals surface area (Å²) in [5, 5.41) is 5.08. The van der Waals surface area contributed by atoms with Gasteiger partial charge >= 0.3 is 0 Å². The fourth-order valence-electron chi connectivity index (χ4n) is 8.94. The number of fused-ring (bicyclic) bond motifs is 4. The lowest BCUT2D eigenvalue weighted by atomic mass is 9.87. The predicted molar refractivity (Wildman–Crippen MR) is 259 cm³/mol. The smallest absolute Gasteiger partial charge is 0.0546 e. The van der Waals surface area contributed by atoms with Crippen molar-refractivity contribution in [2.75, 3.05) is 4.90 Å². The van der Waals surface area contributed by atoms with Gasteiger partial charge in [0.25, 0.3) is 0 Å². The van der Waals surface area contributed by atoms with Gasteiger partial charge in [0.1, 0.15) is 0 Å². The first-order valence-corrected chi connectivity index (χ1v) is 21.3. The van der Waals surface area contributed by atoms with Gasteiger partial charge in [0.05, 0.1) is 5.69 Å². The molecule has 11 rings (SSSR count). The summed E-state index contributed by atoms with van der Waals surface area (Å²) in [6, 6.07) is 86.3. The maximum Gasteiger partial charge on any atom is 0.0546 e. The van der Waals surface area contributed by atoms with Crippen LogP contribution < -0.4 is 4.90 Å². The summed E-state index contributed by atoms with van der Waals surface area (Å²) in [5.74, 6) is 0. The largest absolute Gasteiger partial charge is 0.310 e. The average molecular weight is 782 g/mol. The van der Waals surface area contributed by atoms with Crippen LogP contribution in [0.25, 0.3) is 86.6 Å². The number of hydrogen-bond acceptors (Lipinski definition) is 2. The SMILES string of the molecule is c1ccc(-c2ccccc2-c2c(-c3ccccc3)cccc2N(c2cccc(-c3cccc4ccccc34)c2)c2cccc(-c3cccc4c3sc3ccccc34)c2)cc1. The van der Waals surface area contributed by atoms with Gasteiger partial charge < -0.3 is 4.90 Å². The molecule has 1 nitrogen and oxygen atoms in total. The number of thiophene rings is 1. The third kappa shape index (κ3) is 6.35. The van der Waals surface area contributed by atoms with E-state index in [1.165, 1.54) is 86.6 Å². The van der Waals surface area contributed by atoms with Crippen molar-refractivity contribution >= 4 is 59.3 Å². The Morgan fingerprint density at radius 3 is 1.55 bits per heavy atom. The van der Waals surface area contributed by atoms with Crippen LogP contribution in [-0.2, 0) is 0 Å². The molecule has 1 heterocycles. The van der Waals surface area contributed by atoms with Crippen molar-refractivity contribution in [1.29, 1.82) is 0 Å². The lowest BCUT2D eigenvalue weighted by molar-refractivity contribution is 1.28. The van der Waals surface area contributed by atoms with Crippen LogP contribution >= 0.6 is 11.3 Å². The second-order valence-electron chi connectivity index (χ2n) is 15.2. The molecule has 0 radical (unpaired) electrons. The number of hydrogen-bond donors (Lipinski definition) is 0. The lowest BCUT2D eigenvalue weighted by Gasteiger charge is -2.30. The highest BCUT2D eigenvalue weighted by molar-refractivity contribution is 7.26. The summed E-state index contributed by atoms with van der Waals surface area (Å²) in [4.78, 5) is 2.48. The summed E-state index contributed by atoms with van der Waals surface area (Å²) in [7, 11) is 0. The normalized spacial score (nSPS) is 11.3. The molecule has 282 valence electrons. The van der Waals surface area contributed by atoms with Gasteiger partial charge in [-0.05, 0) is 97.2 Å². The van der Waals surface area contributed by atoms with Crippen molar-refractivity contribution in [1.82, 2.24) is 0 Å². The van der Waals surface area contributed by atoms with Gasteiger partial charge in [-0.3, -0.25) is 0 Å². The van der Waals surface area contributed by atoms with Crippen LogP contribution in [0.5, 0.6) is 0 Å². The van der Waals surface area contributed by atoms with Crippen LogP contribution in [0.15, 0.2) is 237 Å². The van der Waals surface area contributed by atoms with Gasteiger partial charge in [-0.25, -0.2) is 0 Å². The summed E-state index contributed by atoms with van der Waals surface area (Å²) in [6.45, 7) is 0. The Kier molecular flexibility index (Phi) is 9.11. The quantitative estimate of drug-likeness (QED) is 0.148.